The zero-order valence-corrected chi connectivity index (χ0v) is 12.3. The Kier molecular flexibility index (Phi) is 3.81. The lowest BCUT2D eigenvalue weighted by molar-refractivity contribution is -0.145. The number of allylic oxidation sites excluding steroid dienone is 2. The van der Waals surface area contributed by atoms with E-state index in [4.69, 9.17) is 0 Å². The summed E-state index contributed by atoms with van der Waals surface area (Å²) in [6, 6.07) is 7.24. The van der Waals surface area contributed by atoms with Gasteiger partial charge in [0.15, 0.2) is 0 Å². The van der Waals surface area contributed by atoms with Gasteiger partial charge in [-0.05, 0) is 36.6 Å². The topological polar surface area (TPSA) is 74.6 Å². The first-order chi connectivity index (χ1) is 9.33. The second-order valence-electron chi connectivity index (χ2n) is 4.94. The van der Waals surface area contributed by atoms with Gasteiger partial charge in [0.05, 0.1) is 5.41 Å². The standard InChI is InChI=1S/C15H13BrO4/c1-15(14(19)20)7-6-11(12(8-15)13(17)18)9-2-4-10(16)5-3-9/h2-7H,8H2,1H3,(H,17,18)(H,19,20). The average molecular weight is 337 g/mol. The predicted octanol–water partition coefficient (Wildman–Crippen LogP) is 3.34. The average Bonchev–Trinajstić information content (AvgIpc) is 2.39. The molecule has 1 aliphatic carbocycles. The van der Waals surface area contributed by atoms with Crippen molar-refractivity contribution in [3.8, 4) is 0 Å². The Morgan fingerprint density at radius 3 is 2.30 bits per heavy atom. The van der Waals surface area contributed by atoms with E-state index in [0.29, 0.717) is 5.57 Å². The summed E-state index contributed by atoms with van der Waals surface area (Å²) in [6.07, 6.45) is 3.11. The lowest BCUT2D eigenvalue weighted by Gasteiger charge is -2.26. The van der Waals surface area contributed by atoms with Crippen LogP contribution in [0.15, 0.2) is 46.5 Å². The van der Waals surface area contributed by atoms with E-state index in [2.05, 4.69) is 15.9 Å². The largest absolute Gasteiger partial charge is 0.481 e. The maximum Gasteiger partial charge on any atom is 0.332 e. The molecule has 1 aliphatic rings. The molecule has 104 valence electrons. The van der Waals surface area contributed by atoms with Crippen LogP contribution in [0.2, 0.25) is 0 Å². The molecule has 0 amide bonds. The summed E-state index contributed by atoms with van der Waals surface area (Å²) in [7, 11) is 0. The van der Waals surface area contributed by atoms with E-state index in [1.54, 1.807) is 24.3 Å². The van der Waals surface area contributed by atoms with Gasteiger partial charge in [0.1, 0.15) is 0 Å². The number of carboxylic acids is 2. The summed E-state index contributed by atoms with van der Waals surface area (Å²) in [5.74, 6) is -2.11. The Morgan fingerprint density at radius 2 is 1.80 bits per heavy atom. The Bertz CT molecular complexity index is 628. The zero-order valence-electron chi connectivity index (χ0n) is 10.8. The van der Waals surface area contributed by atoms with Gasteiger partial charge in [0.25, 0.3) is 0 Å². The smallest absolute Gasteiger partial charge is 0.332 e. The number of carbonyl (C=O) groups is 2. The molecule has 2 rings (SSSR count). The summed E-state index contributed by atoms with van der Waals surface area (Å²) >= 11 is 3.32. The van der Waals surface area contributed by atoms with Crippen molar-refractivity contribution in [3.63, 3.8) is 0 Å². The van der Waals surface area contributed by atoms with Crippen molar-refractivity contribution >= 4 is 33.4 Å². The Labute approximate surface area is 124 Å². The van der Waals surface area contributed by atoms with Crippen molar-refractivity contribution in [3.05, 3.63) is 52.0 Å². The van der Waals surface area contributed by atoms with Crippen molar-refractivity contribution in [2.45, 2.75) is 13.3 Å². The number of hydrogen-bond acceptors (Lipinski definition) is 2. The van der Waals surface area contributed by atoms with Gasteiger partial charge >= 0.3 is 11.9 Å². The number of carboxylic acid groups (broad SMARTS) is 2. The van der Waals surface area contributed by atoms with Gasteiger partial charge in [-0.2, -0.15) is 0 Å². The van der Waals surface area contributed by atoms with Crippen LogP contribution in [0.3, 0.4) is 0 Å². The molecule has 0 aliphatic heterocycles. The van der Waals surface area contributed by atoms with E-state index in [1.165, 1.54) is 6.92 Å². The number of hydrogen-bond donors (Lipinski definition) is 2. The third kappa shape index (κ3) is 2.67. The van der Waals surface area contributed by atoms with Gasteiger partial charge in [0, 0.05) is 10.0 Å². The molecule has 0 spiro atoms. The molecule has 0 bridgehead atoms. The van der Waals surface area contributed by atoms with Crippen LogP contribution in [0.5, 0.6) is 0 Å². The Balaban J connectivity index is 2.50. The van der Waals surface area contributed by atoms with Crippen LogP contribution >= 0.6 is 15.9 Å². The van der Waals surface area contributed by atoms with Gasteiger partial charge in [-0.25, -0.2) is 4.79 Å². The first-order valence-electron chi connectivity index (χ1n) is 5.98. The molecule has 20 heavy (non-hydrogen) atoms. The van der Waals surface area contributed by atoms with E-state index < -0.39 is 17.4 Å². The van der Waals surface area contributed by atoms with Gasteiger partial charge in [-0.1, -0.05) is 40.2 Å². The normalized spacial score (nSPS) is 21.9. The zero-order chi connectivity index (χ0) is 14.9. The summed E-state index contributed by atoms with van der Waals surface area (Å²) in [4.78, 5) is 22.7. The fourth-order valence-electron chi connectivity index (χ4n) is 2.13. The maximum absolute atomic E-state index is 11.4. The molecule has 1 unspecified atom stereocenters. The molecule has 2 N–H and O–H groups in total. The lowest BCUT2D eigenvalue weighted by atomic mass is 9.76. The molecule has 0 saturated heterocycles. The first-order valence-corrected chi connectivity index (χ1v) is 6.78. The highest BCUT2D eigenvalue weighted by molar-refractivity contribution is 9.10. The molecule has 1 atom stereocenters. The molecule has 0 radical (unpaired) electrons. The van der Waals surface area contributed by atoms with Crippen LogP contribution < -0.4 is 0 Å². The molecule has 0 heterocycles. The van der Waals surface area contributed by atoms with E-state index in [1.807, 2.05) is 12.1 Å². The van der Waals surface area contributed by atoms with Crippen LogP contribution in [0, 0.1) is 5.41 Å². The molecular weight excluding hydrogens is 324 g/mol. The molecule has 1 aromatic rings. The van der Waals surface area contributed by atoms with Crippen LogP contribution in [-0.2, 0) is 9.59 Å². The third-order valence-corrected chi connectivity index (χ3v) is 3.92. The SMILES string of the molecule is CC1(C(=O)O)C=CC(c2ccc(Br)cc2)=C(C(=O)O)C1. The van der Waals surface area contributed by atoms with E-state index in [0.717, 1.165) is 10.0 Å². The van der Waals surface area contributed by atoms with Crippen LogP contribution in [0.25, 0.3) is 5.57 Å². The fraction of sp³-hybridized carbons (Fsp3) is 0.200. The van der Waals surface area contributed by atoms with Crippen molar-refractivity contribution < 1.29 is 19.8 Å². The molecule has 0 saturated carbocycles. The van der Waals surface area contributed by atoms with Crippen LogP contribution in [0.4, 0.5) is 0 Å². The number of halogens is 1. The summed E-state index contributed by atoms with van der Waals surface area (Å²) in [5, 5.41) is 18.6. The summed E-state index contributed by atoms with van der Waals surface area (Å²) < 4.78 is 0.897. The molecule has 0 aromatic heterocycles. The first kappa shape index (κ1) is 14.5. The number of benzene rings is 1. The van der Waals surface area contributed by atoms with Gasteiger partial charge in [0.2, 0.25) is 0 Å². The molecular formula is C15H13BrO4. The fourth-order valence-corrected chi connectivity index (χ4v) is 2.39. The van der Waals surface area contributed by atoms with E-state index in [9.17, 15) is 19.8 Å². The summed E-state index contributed by atoms with van der Waals surface area (Å²) in [5.41, 5.74) is 0.268. The highest BCUT2D eigenvalue weighted by Crippen LogP contribution is 2.38. The van der Waals surface area contributed by atoms with E-state index in [-0.39, 0.29) is 12.0 Å². The quantitative estimate of drug-likeness (QED) is 0.887. The second-order valence-corrected chi connectivity index (χ2v) is 5.85. The number of aliphatic carboxylic acids is 2. The summed E-state index contributed by atoms with van der Waals surface area (Å²) in [6.45, 7) is 1.52. The highest BCUT2D eigenvalue weighted by atomic mass is 79.9. The number of rotatable bonds is 3. The van der Waals surface area contributed by atoms with Crippen molar-refractivity contribution in [1.29, 1.82) is 0 Å². The Hall–Kier alpha value is -1.88. The minimum absolute atomic E-state index is 0.0282. The second kappa shape index (κ2) is 5.25. The van der Waals surface area contributed by atoms with Gasteiger partial charge < -0.3 is 10.2 Å². The molecule has 4 nitrogen and oxygen atoms in total. The van der Waals surface area contributed by atoms with Crippen molar-refractivity contribution in [2.24, 2.45) is 5.41 Å². The predicted molar refractivity (Wildman–Crippen MR) is 78.2 cm³/mol. The minimum atomic E-state index is -1.17. The molecule has 0 fully saturated rings. The molecule has 1 aromatic carbocycles. The third-order valence-electron chi connectivity index (χ3n) is 3.39. The van der Waals surface area contributed by atoms with E-state index >= 15 is 0 Å². The van der Waals surface area contributed by atoms with Crippen molar-refractivity contribution in [2.75, 3.05) is 0 Å². The Morgan fingerprint density at radius 1 is 1.20 bits per heavy atom. The highest BCUT2D eigenvalue weighted by Gasteiger charge is 2.36. The van der Waals surface area contributed by atoms with Crippen LogP contribution in [0.1, 0.15) is 18.9 Å². The van der Waals surface area contributed by atoms with Gasteiger partial charge in [-0.3, -0.25) is 4.79 Å². The lowest BCUT2D eigenvalue weighted by Crippen LogP contribution is -2.29. The van der Waals surface area contributed by atoms with Gasteiger partial charge in [-0.15, -0.1) is 0 Å². The molecule has 5 heteroatoms. The minimum Gasteiger partial charge on any atom is -0.481 e. The van der Waals surface area contributed by atoms with Crippen molar-refractivity contribution in [1.82, 2.24) is 0 Å². The maximum atomic E-state index is 11.4. The monoisotopic (exact) mass is 336 g/mol. The van der Waals surface area contributed by atoms with Crippen LogP contribution in [-0.4, -0.2) is 22.2 Å².